The van der Waals surface area contributed by atoms with Gasteiger partial charge in [-0.3, -0.25) is 0 Å². The summed E-state index contributed by atoms with van der Waals surface area (Å²) in [4.78, 5) is 14.0. The standard InChI is InChI=1S/C26H38N4O4/c1-19(2)28-26(33)30-15-12-22(13-16-30)29-21-5-3-20(4-6-21)11-14-27-17-24(32)18-34-25-9-7-23(31)8-10-25/h3-10,19,22,24,27,29,31-32H,11-18H2,1-2H3,(H,28,33)/t24-/m0/s1. The third-order valence-electron chi connectivity index (χ3n) is 5.77. The van der Waals surface area contributed by atoms with E-state index in [1.165, 1.54) is 5.56 Å². The van der Waals surface area contributed by atoms with Gasteiger partial charge in [0.15, 0.2) is 0 Å². The summed E-state index contributed by atoms with van der Waals surface area (Å²) in [5, 5.41) is 29.2. The molecule has 1 aliphatic rings. The van der Waals surface area contributed by atoms with Gasteiger partial charge in [-0.05, 0) is 81.6 Å². The minimum atomic E-state index is -0.608. The molecule has 1 fully saturated rings. The number of aliphatic hydroxyl groups excluding tert-OH is 1. The van der Waals surface area contributed by atoms with Gasteiger partial charge in [0.05, 0.1) is 0 Å². The highest BCUT2D eigenvalue weighted by Crippen LogP contribution is 2.18. The molecule has 8 nitrogen and oxygen atoms in total. The Morgan fingerprint density at radius 1 is 1.09 bits per heavy atom. The maximum atomic E-state index is 12.1. The van der Waals surface area contributed by atoms with Gasteiger partial charge in [0.2, 0.25) is 0 Å². The van der Waals surface area contributed by atoms with E-state index in [9.17, 15) is 15.0 Å². The Kier molecular flexibility index (Phi) is 9.85. The lowest BCUT2D eigenvalue weighted by atomic mass is 10.0. The van der Waals surface area contributed by atoms with Crippen molar-refractivity contribution in [2.75, 3.05) is 38.1 Å². The zero-order chi connectivity index (χ0) is 24.3. The van der Waals surface area contributed by atoms with Crippen LogP contribution in [-0.4, -0.2) is 72.1 Å². The molecule has 1 saturated heterocycles. The first-order valence-electron chi connectivity index (χ1n) is 12.1. The van der Waals surface area contributed by atoms with Crippen molar-refractivity contribution in [3.05, 3.63) is 54.1 Å². The molecule has 0 bridgehead atoms. The van der Waals surface area contributed by atoms with Crippen molar-refractivity contribution in [2.24, 2.45) is 0 Å². The van der Waals surface area contributed by atoms with Crippen molar-refractivity contribution in [3.63, 3.8) is 0 Å². The van der Waals surface area contributed by atoms with Gasteiger partial charge in [-0.15, -0.1) is 0 Å². The van der Waals surface area contributed by atoms with Crippen molar-refractivity contribution in [3.8, 4) is 11.5 Å². The summed E-state index contributed by atoms with van der Waals surface area (Å²) < 4.78 is 5.52. The van der Waals surface area contributed by atoms with E-state index < -0.39 is 6.10 Å². The molecule has 0 aromatic heterocycles. The number of aliphatic hydroxyl groups is 1. The molecular formula is C26H38N4O4. The number of nitrogens with zero attached hydrogens (tertiary/aromatic N) is 1. The van der Waals surface area contributed by atoms with Crippen LogP contribution in [0, 0.1) is 0 Å². The van der Waals surface area contributed by atoms with E-state index in [1.807, 2.05) is 18.7 Å². The largest absolute Gasteiger partial charge is 0.508 e. The Hall–Kier alpha value is -2.97. The number of benzene rings is 2. The number of anilines is 1. The molecule has 2 aromatic rings. The van der Waals surface area contributed by atoms with Crippen LogP contribution < -0.4 is 20.7 Å². The lowest BCUT2D eigenvalue weighted by molar-refractivity contribution is 0.106. The first-order valence-corrected chi connectivity index (χ1v) is 12.1. The maximum absolute atomic E-state index is 12.1. The molecule has 1 aliphatic heterocycles. The molecule has 186 valence electrons. The van der Waals surface area contributed by atoms with E-state index in [0.29, 0.717) is 18.3 Å². The minimum Gasteiger partial charge on any atom is -0.508 e. The highest BCUT2D eigenvalue weighted by atomic mass is 16.5. The Bertz CT molecular complexity index is 865. The lowest BCUT2D eigenvalue weighted by Crippen LogP contribution is -2.48. The van der Waals surface area contributed by atoms with E-state index in [2.05, 4.69) is 40.2 Å². The van der Waals surface area contributed by atoms with Crippen LogP contribution in [-0.2, 0) is 6.42 Å². The number of carbonyl (C=O) groups excluding carboxylic acids is 1. The second kappa shape index (κ2) is 13.1. The number of aromatic hydroxyl groups is 1. The molecule has 2 aromatic carbocycles. The van der Waals surface area contributed by atoms with Crippen LogP contribution in [0.4, 0.5) is 10.5 Å². The van der Waals surface area contributed by atoms with Crippen LogP contribution in [0.2, 0.25) is 0 Å². The number of amides is 2. The van der Waals surface area contributed by atoms with Crippen LogP contribution in [0.3, 0.4) is 0 Å². The minimum absolute atomic E-state index is 0.0313. The van der Waals surface area contributed by atoms with E-state index in [0.717, 1.165) is 44.6 Å². The summed E-state index contributed by atoms with van der Waals surface area (Å²) in [6, 6.07) is 15.5. The van der Waals surface area contributed by atoms with E-state index >= 15 is 0 Å². The summed E-state index contributed by atoms with van der Waals surface area (Å²) in [6.45, 7) is 6.90. The number of piperidine rings is 1. The van der Waals surface area contributed by atoms with Crippen LogP contribution in [0.5, 0.6) is 11.5 Å². The molecule has 5 N–H and O–H groups in total. The SMILES string of the molecule is CC(C)NC(=O)N1CCC(Nc2ccc(CCNC[C@H](O)COc3ccc(O)cc3)cc2)CC1. The Balaban J connectivity index is 1.29. The maximum Gasteiger partial charge on any atom is 0.317 e. The predicted octanol–water partition coefficient (Wildman–Crippen LogP) is 2.96. The van der Waals surface area contributed by atoms with Crippen molar-refractivity contribution in [1.82, 2.24) is 15.5 Å². The molecule has 2 amide bonds. The topological polar surface area (TPSA) is 106 Å². The third-order valence-corrected chi connectivity index (χ3v) is 5.77. The van der Waals surface area contributed by atoms with Crippen LogP contribution in [0.25, 0.3) is 0 Å². The fourth-order valence-electron chi connectivity index (χ4n) is 3.86. The number of phenolic OH excluding ortho intramolecular Hbond substituents is 1. The molecule has 0 saturated carbocycles. The van der Waals surface area contributed by atoms with Crippen molar-refractivity contribution < 1.29 is 19.7 Å². The summed E-state index contributed by atoms with van der Waals surface area (Å²) in [5.74, 6) is 0.805. The molecule has 1 heterocycles. The third kappa shape index (κ3) is 8.76. The number of nitrogens with one attached hydrogen (secondary N) is 3. The van der Waals surface area contributed by atoms with Gasteiger partial charge in [-0.2, -0.15) is 0 Å². The number of phenols is 1. The first kappa shape index (κ1) is 25.6. The number of hydrogen-bond acceptors (Lipinski definition) is 6. The van der Waals surface area contributed by atoms with Gasteiger partial charge in [-0.1, -0.05) is 12.1 Å². The molecule has 0 aliphatic carbocycles. The van der Waals surface area contributed by atoms with Gasteiger partial charge in [0.25, 0.3) is 0 Å². The predicted molar refractivity (Wildman–Crippen MR) is 135 cm³/mol. The van der Waals surface area contributed by atoms with E-state index in [-0.39, 0.29) is 24.4 Å². The van der Waals surface area contributed by atoms with Gasteiger partial charge in [-0.25, -0.2) is 4.79 Å². The highest BCUT2D eigenvalue weighted by Gasteiger charge is 2.22. The van der Waals surface area contributed by atoms with Gasteiger partial charge in [0, 0.05) is 37.4 Å². The second-order valence-corrected chi connectivity index (χ2v) is 9.12. The Morgan fingerprint density at radius 2 is 1.76 bits per heavy atom. The smallest absolute Gasteiger partial charge is 0.317 e. The molecule has 0 unspecified atom stereocenters. The number of hydrogen-bond donors (Lipinski definition) is 5. The molecule has 8 heteroatoms. The quantitative estimate of drug-likeness (QED) is 0.323. The molecule has 1 atom stereocenters. The average molecular weight is 471 g/mol. The Labute approximate surface area is 202 Å². The molecule has 34 heavy (non-hydrogen) atoms. The summed E-state index contributed by atoms with van der Waals surface area (Å²) >= 11 is 0. The zero-order valence-corrected chi connectivity index (χ0v) is 20.2. The monoisotopic (exact) mass is 470 g/mol. The van der Waals surface area contributed by atoms with Crippen LogP contribution >= 0.6 is 0 Å². The number of carbonyl (C=O) groups is 1. The first-order chi connectivity index (χ1) is 16.4. The number of urea groups is 1. The second-order valence-electron chi connectivity index (χ2n) is 9.12. The van der Waals surface area contributed by atoms with Gasteiger partial charge >= 0.3 is 6.03 Å². The van der Waals surface area contributed by atoms with Crippen LogP contribution in [0.15, 0.2) is 48.5 Å². The molecular weight excluding hydrogens is 432 g/mol. The summed E-state index contributed by atoms with van der Waals surface area (Å²) in [6.07, 6.45) is 2.14. The number of rotatable bonds is 11. The lowest BCUT2D eigenvalue weighted by Gasteiger charge is -2.33. The molecule has 0 radical (unpaired) electrons. The van der Waals surface area contributed by atoms with Gasteiger partial charge in [0.1, 0.15) is 24.2 Å². The van der Waals surface area contributed by atoms with Crippen molar-refractivity contribution in [1.29, 1.82) is 0 Å². The van der Waals surface area contributed by atoms with Crippen molar-refractivity contribution in [2.45, 2.75) is 51.3 Å². The summed E-state index contributed by atoms with van der Waals surface area (Å²) in [7, 11) is 0. The van der Waals surface area contributed by atoms with E-state index in [4.69, 9.17) is 4.74 Å². The van der Waals surface area contributed by atoms with E-state index in [1.54, 1.807) is 24.3 Å². The summed E-state index contributed by atoms with van der Waals surface area (Å²) in [5.41, 5.74) is 2.33. The van der Waals surface area contributed by atoms with Crippen molar-refractivity contribution >= 4 is 11.7 Å². The fraction of sp³-hybridized carbons (Fsp3) is 0.500. The highest BCUT2D eigenvalue weighted by molar-refractivity contribution is 5.74. The average Bonchev–Trinajstić information content (AvgIpc) is 2.82. The number of likely N-dealkylation sites (tertiary alicyclic amines) is 1. The Morgan fingerprint density at radius 3 is 2.41 bits per heavy atom. The normalized spacial score (nSPS) is 15.2. The van der Waals surface area contributed by atoms with Gasteiger partial charge < -0.3 is 35.8 Å². The molecule has 0 spiro atoms. The fourth-order valence-corrected chi connectivity index (χ4v) is 3.86. The zero-order valence-electron chi connectivity index (χ0n) is 20.2. The molecule has 3 rings (SSSR count). The number of ether oxygens (including phenoxy) is 1. The van der Waals surface area contributed by atoms with Crippen LogP contribution in [0.1, 0.15) is 32.3 Å².